The lowest BCUT2D eigenvalue weighted by Gasteiger charge is -2.19. The zero-order chi connectivity index (χ0) is 30.2. The summed E-state index contributed by atoms with van der Waals surface area (Å²) in [5.41, 5.74) is 2.40. The van der Waals surface area contributed by atoms with Crippen LogP contribution in [-0.4, -0.2) is 49.1 Å². The molecule has 0 radical (unpaired) electrons. The van der Waals surface area contributed by atoms with Gasteiger partial charge >= 0.3 is 5.97 Å². The van der Waals surface area contributed by atoms with Crippen LogP contribution < -0.4 is 14.2 Å². The van der Waals surface area contributed by atoms with E-state index in [9.17, 15) is 19.5 Å². The van der Waals surface area contributed by atoms with Gasteiger partial charge in [0.1, 0.15) is 23.0 Å². The first kappa shape index (κ1) is 33.7. The molecule has 41 heavy (non-hydrogen) atoms. The third-order valence-electron chi connectivity index (χ3n) is 6.60. The summed E-state index contributed by atoms with van der Waals surface area (Å²) in [5.74, 6) is 1.39. The van der Waals surface area contributed by atoms with Crippen molar-refractivity contribution in [1.29, 1.82) is 0 Å². The summed E-state index contributed by atoms with van der Waals surface area (Å²) in [6.07, 6.45) is 6.25. The van der Waals surface area contributed by atoms with Crippen LogP contribution in [0.15, 0.2) is 24.3 Å². The van der Waals surface area contributed by atoms with Crippen LogP contribution in [0.1, 0.15) is 111 Å². The Kier molecular flexibility index (Phi) is 14.8. The number of benzene rings is 2. The largest absolute Gasteiger partial charge is 0.507 e. The fourth-order valence-electron chi connectivity index (χ4n) is 4.57. The van der Waals surface area contributed by atoms with E-state index in [0.717, 1.165) is 37.7 Å². The number of phenols is 1. The minimum atomic E-state index is -0.239. The molecule has 0 spiro atoms. The van der Waals surface area contributed by atoms with Crippen molar-refractivity contribution in [3.05, 3.63) is 46.5 Å². The number of esters is 1. The summed E-state index contributed by atoms with van der Waals surface area (Å²) >= 11 is 0. The number of aromatic hydroxyl groups is 1. The molecule has 0 aliphatic rings. The van der Waals surface area contributed by atoms with Crippen molar-refractivity contribution in [3.8, 4) is 23.0 Å². The van der Waals surface area contributed by atoms with Gasteiger partial charge in [0.2, 0.25) is 0 Å². The zero-order valence-corrected chi connectivity index (χ0v) is 25.3. The number of Topliss-reactive ketones (excluding diaryl/α,β-unsaturated/α-hetero) is 2. The smallest absolute Gasteiger partial charge is 0.305 e. The van der Waals surface area contributed by atoms with E-state index in [1.807, 2.05) is 13.0 Å². The third-order valence-corrected chi connectivity index (χ3v) is 6.60. The Morgan fingerprint density at radius 3 is 1.80 bits per heavy atom. The molecule has 0 saturated heterocycles. The van der Waals surface area contributed by atoms with Gasteiger partial charge in [-0.1, -0.05) is 26.7 Å². The highest BCUT2D eigenvalue weighted by Crippen LogP contribution is 2.35. The molecule has 0 amide bonds. The summed E-state index contributed by atoms with van der Waals surface area (Å²) in [6, 6.07) is 6.92. The second-order valence-electron chi connectivity index (χ2n) is 9.98. The Morgan fingerprint density at radius 2 is 1.22 bits per heavy atom. The number of hydrogen-bond donors (Lipinski definition) is 1. The summed E-state index contributed by atoms with van der Waals surface area (Å²) in [7, 11) is 0. The van der Waals surface area contributed by atoms with Crippen LogP contribution in [0.4, 0.5) is 0 Å². The highest BCUT2D eigenvalue weighted by Gasteiger charge is 2.19. The first-order valence-corrected chi connectivity index (χ1v) is 14.8. The van der Waals surface area contributed by atoms with Crippen molar-refractivity contribution in [2.24, 2.45) is 0 Å². The average Bonchev–Trinajstić information content (AvgIpc) is 2.93. The molecular weight excluding hydrogens is 524 g/mol. The first-order valence-electron chi connectivity index (χ1n) is 14.8. The number of phenolic OH excluding ortho intramolecular Hbond substituents is 1. The molecule has 0 bridgehead atoms. The maximum Gasteiger partial charge on any atom is 0.305 e. The van der Waals surface area contributed by atoms with Gasteiger partial charge in [0.25, 0.3) is 0 Å². The molecule has 0 saturated carbocycles. The Morgan fingerprint density at radius 1 is 0.683 bits per heavy atom. The molecule has 226 valence electrons. The van der Waals surface area contributed by atoms with E-state index in [4.69, 9.17) is 18.9 Å². The monoisotopic (exact) mass is 570 g/mol. The van der Waals surface area contributed by atoms with Crippen LogP contribution >= 0.6 is 0 Å². The summed E-state index contributed by atoms with van der Waals surface area (Å²) < 4.78 is 23.1. The van der Waals surface area contributed by atoms with Crippen LogP contribution in [0.3, 0.4) is 0 Å². The van der Waals surface area contributed by atoms with Crippen LogP contribution in [0, 0.1) is 0 Å². The van der Waals surface area contributed by atoms with Crippen LogP contribution in [0.5, 0.6) is 23.0 Å². The van der Waals surface area contributed by atoms with E-state index in [0.29, 0.717) is 86.0 Å². The Balaban J connectivity index is 1.95. The van der Waals surface area contributed by atoms with Crippen LogP contribution in [0.2, 0.25) is 0 Å². The highest BCUT2D eigenvalue weighted by atomic mass is 16.5. The van der Waals surface area contributed by atoms with Gasteiger partial charge in [-0.25, -0.2) is 0 Å². The maximum absolute atomic E-state index is 12.4. The van der Waals surface area contributed by atoms with Gasteiger partial charge in [-0.2, -0.15) is 0 Å². The number of rotatable bonds is 20. The number of ketones is 2. The van der Waals surface area contributed by atoms with Gasteiger partial charge in [0.15, 0.2) is 11.6 Å². The fraction of sp³-hybridized carbons (Fsp3) is 0.545. The molecule has 0 aromatic heterocycles. The molecule has 0 aliphatic heterocycles. The van der Waals surface area contributed by atoms with E-state index in [2.05, 4.69) is 6.92 Å². The summed E-state index contributed by atoms with van der Waals surface area (Å²) in [4.78, 5) is 35.8. The predicted octanol–water partition coefficient (Wildman–Crippen LogP) is 7.05. The van der Waals surface area contributed by atoms with Crippen molar-refractivity contribution in [2.45, 2.75) is 92.4 Å². The van der Waals surface area contributed by atoms with Crippen molar-refractivity contribution >= 4 is 17.5 Å². The van der Waals surface area contributed by atoms with Gasteiger partial charge in [0, 0.05) is 17.5 Å². The van der Waals surface area contributed by atoms with Crippen LogP contribution in [0.25, 0.3) is 0 Å². The topological polar surface area (TPSA) is 108 Å². The average molecular weight is 571 g/mol. The number of ether oxygens (including phenoxy) is 4. The van der Waals surface area contributed by atoms with E-state index >= 15 is 0 Å². The number of carbonyl (C=O) groups is 3. The van der Waals surface area contributed by atoms with Crippen molar-refractivity contribution < 1.29 is 38.4 Å². The Hall–Kier alpha value is -3.55. The summed E-state index contributed by atoms with van der Waals surface area (Å²) in [6.45, 7) is 10.5. The Bertz CT molecular complexity index is 1150. The molecule has 0 aliphatic carbocycles. The van der Waals surface area contributed by atoms with Gasteiger partial charge in [0.05, 0.1) is 37.6 Å². The lowest BCUT2D eigenvalue weighted by Crippen LogP contribution is -2.10. The minimum Gasteiger partial charge on any atom is -0.507 e. The quantitative estimate of drug-likeness (QED) is 0.102. The molecule has 8 heteroatoms. The van der Waals surface area contributed by atoms with E-state index in [1.165, 1.54) is 13.8 Å². The number of carbonyl (C=O) groups excluding carboxylic acids is 3. The molecule has 0 atom stereocenters. The third kappa shape index (κ3) is 10.4. The standard InChI is InChI=1S/C33H46O8/c1-6-13-27-29(18-16-25(23(4)34)32(27)37)39-20-10-9-11-21-41-33-26(24(5)35)17-19-30(28(33)14-7-2)40-22-12-15-31(36)38-8-3/h16-19,37H,6-15,20-22H2,1-5H3. The second-order valence-corrected chi connectivity index (χ2v) is 9.98. The SMILES string of the molecule is CCCc1c(OCCCCCOc2c(C(C)=O)ccc(OCCCC(=O)OCC)c2CCC)ccc(C(C)=O)c1O. The van der Waals surface area contributed by atoms with E-state index in [1.54, 1.807) is 25.1 Å². The molecule has 2 aromatic rings. The molecule has 2 rings (SSSR count). The van der Waals surface area contributed by atoms with Crippen molar-refractivity contribution in [2.75, 3.05) is 26.4 Å². The molecule has 8 nitrogen and oxygen atoms in total. The van der Waals surface area contributed by atoms with Crippen molar-refractivity contribution in [1.82, 2.24) is 0 Å². The summed E-state index contributed by atoms with van der Waals surface area (Å²) in [5, 5.41) is 10.5. The molecule has 2 aromatic carbocycles. The fourth-order valence-corrected chi connectivity index (χ4v) is 4.57. The van der Waals surface area contributed by atoms with Gasteiger partial charge in [-0.3, -0.25) is 14.4 Å². The van der Waals surface area contributed by atoms with E-state index in [-0.39, 0.29) is 23.3 Å². The van der Waals surface area contributed by atoms with E-state index < -0.39 is 0 Å². The second kappa shape index (κ2) is 18.0. The minimum absolute atomic E-state index is 0.0135. The number of hydrogen-bond acceptors (Lipinski definition) is 8. The number of unbranched alkanes of at least 4 members (excludes halogenated alkanes) is 2. The van der Waals surface area contributed by atoms with Gasteiger partial charge < -0.3 is 24.1 Å². The van der Waals surface area contributed by atoms with Crippen LogP contribution in [-0.2, 0) is 22.4 Å². The zero-order valence-electron chi connectivity index (χ0n) is 25.3. The predicted molar refractivity (Wildman–Crippen MR) is 159 cm³/mol. The molecular formula is C33H46O8. The normalized spacial score (nSPS) is 10.8. The molecule has 0 fully saturated rings. The lowest BCUT2D eigenvalue weighted by molar-refractivity contribution is -0.143. The molecule has 0 unspecified atom stereocenters. The molecule has 1 N–H and O–H groups in total. The maximum atomic E-state index is 12.4. The molecule has 0 heterocycles. The highest BCUT2D eigenvalue weighted by molar-refractivity contribution is 5.98. The first-order chi connectivity index (χ1) is 19.7. The lowest BCUT2D eigenvalue weighted by atomic mass is 10.0. The Labute approximate surface area is 244 Å². The van der Waals surface area contributed by atoms with Gasteiger partial charge in [-0.05, 0) is 83.6 Å². The van der Waals surface area contributed by atoms with Gasteiger partial charge in [-0.15, -0.1) is 0 Å². The van der Waals surface area contributed by atoms with Crippen molar-refractivity contribution in [3.63, 3.8) is 0 Å².